The van der Waals surface area contributed by atoms with E-state index in [4.69, 9.17) is 0 Å². The number of nitrogens with one attached hydrogen (secondary N) is 1. The van der Waals surface area contributed by atoms with Crippen LogP contribution in [0.5, 0.6) is 0 Å². The van der Waals surface area contributed by atoms with Gasteiger partial charge in [-0.15, -0.1) is 11.8 Å². The van der Waals surface area contributed by atoms with Gasteiger partial charge in [-0.2, -0.15) is 0 Å². The molecule has 126 valence electrons. The van der Waals surface area contributed by atoms with Crippen molar-refractivity contribution < 1.29 is 9.18 Å². The van der Waals surface area contributed by atoms with Crippen molar-refractivity contribution in [3.8, 4) is 0 Å². The zero-order valence-electron chi connectivity index (χ0n) is 13.8. The molecule has 3 rings (SSSR count). The standard InChI is InChI=1S/C21H18FNOS/c1-15-6-12-18(13-7-15)25-14-16-8-10-17(11-9-16)21(24)23-20-5-3-2-4-19(20)22/h2-13H,14H2,1H3,(H,23,24). The number of amides is 1. The molecule has 0 bridgehead atoms. The summed E-state index contributed by atoms with van der Waals surface area (Å²) in [5.41, 5.74) is 3.07. The van der Waals surface area contributed by atoms with Gasteiger partial charge in [0.1, 0.15) is 5.82 Å². The summed E-state index contributed by atoms with van der Waals surface area (Å²) in [5, 5.41) is 2.59. The van der Waals surface area contributed by atoms with Crippen LogP contribution in [0.3, 0.4) is 0 Å². The minimum absolute atomic E-state index is 0.187. The number of para-hydroxylation sites is 1. The number of benzene rings is 3. The molecule has 0 aliphatic heterocycles. The first-order valence-corrected chi connectivity index (χ1v) is 8.95. The van der Waals surface area contributed by atoms with E-state index in [0.29, 0.717) is 5.56 Å². The van der Waals surface area contributed by atoms with Crippen molar-refractivity contribution in [2.75, 3.05) is 5.32 Å². The first kappa shape index (κ1) is 17.2. The molecule has 0 unspecified atom stereocenters. The summed E-state index contributed by atoms with van der Waals surface area (Å²) in [4.78, 5) is 13.4. The molecule has 0 fully saturated rings. The zero-order valence-corrected chi connectivity index (χ0v) is 14.6. The normalized spacial score (nSPS) is 10.5. The Balaban J connectivity index is 1.60. The van der Waals surface area contributed by atoms with E-state index in [1.165, 1.54) is 16.5 Å². The van der Waals surface area contributed by atoms with Gasteiger partial charge < -0.3 is 5.32 Å². The Morgan fingerprint density at radius 1 is 0.960 bits per heavy atom. The number of thioether (sulfide) groups is 1. The quantitative estimate of drug-likeness (QED) is 0.599. The summed E-state index contributed by atoms with van der Waals surface area (Å²) in [7, 11) is 0. The molecule has 25 heavy (non-hydrogen) atoms. The van der Waals surface area contributed by atoms with Crippen LogP contribution in [-0.4, -0.2) is 5.91 Å². The van der Waals surface area contributed by atoms with E-state index in [-0.39, 0.29) is 11.6 Å². The highest BCUT2D eigenvalue weighted by molar-refractivity contribution is 7.98. The van der Waals surface area contributed by atoms with Gasteiger partial charge in [-0.1, -0.05) is 42.0 Å². The summed E-state index contributed by atoms with van der Waals surface area (Å²) in [6.45, 7) is 2.07. The number of halogens is 1. The Morgan fingerprint density at radius 2 is 1.64 bits per heavy atom. The third-order valence-corrected chi connectivity index (χ3v) is 4.85. The number of hydrogen-bond donors (Lipinski definition) is 1. The smallest absolute Gasteiger partial charge is 0.255 e. The van der Waals surface area contributed by atoms with Gasteiger partial charge in [0.25, 0.3) is 5.91 Å². The fourth-order valence-electron chi connectivity index (χ4n) is 2.31. The Kier molecular flexibility index (Phi) is 5.51. The summed E-state index contributed by atoms with van der Waals surface area (Å²) < 4.78 is 13.6. The Bertz CT molecular complexity index is 860. The SMILES string of the molecule is Cc1ccc(SCc2ccc(C(=O)Nc3ccccc3F)cc2)cc1. The van der Waals surface area contributed by atoms with E-state index in [1.807, 2.05) is 12.1 Å². The van der Waals surface area contributed by atoms with Gasteiger partial charge in [-0.3, -0.25) is 4.79 Å². The molecule has 1 N–H and O–H groups in total. The second-order valence-electron chi connectivity index (χ2n) is 5.73. The first-order valence-electron chi connectivity index (χ1n) is 7.96. The van der Waals surface area contributed by atoms with E-state index >= 15 is 0 Å². The molecule has 0 atom stereocenters. The van der Waals surface area contributed by atoms with Crippen LogP contribution < -0.4 is 5.32 Å². The lowest BCUT2D eigenvalue weighted by Gasteiger charge is -2.07. The van der Waals surface area contributed by atoms with E-state index in [1.54, 1.807) is 42.1 Å². The van der Waals surface area contributed by atoms with Crippen LogP contribution in [0.1, 0.15) is 21.5 Å². The molecule has 0 aliphatic carbocycles. The summed E-state index contributed by atoms with van der Waals surface area (Å²) in [6, 6.07) is 21.9. The highest BCUT2D eigenvalue weighted by Crippen LogP contribution is 2.23. The average Bonchev–Trinajstić information content (AvgIpc) is 2.63. The summed E-state index contributed by atoms with van der Waals surface area (Å²) in [6.07, 6.45) is 0. The predicted molar refractivity (Wildman–Crippen MR) is 102 cm³/mol. The maximum Gasteiger partial charge on any atom is 0.255 e. The molecule has 0 radical (unpaired) electrons. The predicted octanol–water partition coefficient (Wildman–Crippen LogP) is 5.68. The molecule has 1 amide bonds. The van der Waals surface area contributed by atoms with Gasteiger partial charge in [-0.25, -0.2) is 4.39 Å². The van der Waals surface area contributed by atoms with Gasteiger partial charge in [-0.05, 0) is 48.9 Å². The molecule has 4 heteroatoms. The highest BCUT2D eigenvalue weighted by Gasteiger charge is 2.08. The molecule has 0 spiro atoms. The molecule has 3 aromatic carbocycles. The van der Waals surface area contributed by atoms with Gasteiger partial charge in [0.15, 0.2) is 0 Å². The zero-order chi connectivity index (χ0) is 17.6. The lowest BCUT2D eigenvalue weighted by Crippen LogP contribution is -2.12. The molecular weight excluding hydrogens is 333 g/mol. The van der Waals surface area contributed by atoms with Gasteiger partial charge in [0.05, 0.1) is 5.69 Å². The van der Waals surface area contributed by atoms with Crippen molar-refractivity contribution in [1.82, 2.24) is 0 Å². The lowest BCUT2D eigenvalue weighted by atomic mass is 10.1. The van der Waals surface area contributed by atoms with Crippen LogP contribution in [0.25, 0.3) is 0 Å². The second-order valence-corrected chi connectivity index (χ2v) is 6.78. The number of hydrogen-bond acceptors (Lipinski definition) is 2. The maximum absolute atomic E-state index is 13.6. The molecular formula is C21H18FNOS. The Hall–Kier alpha value is -2.59. The van der Waals surface area contributed by atoms with Crippen molar-refractivity contribution in [3.63, 3.8) is 0 Å². The molecule has 0 saturated carbocycles. The van der Waals surface area contributed by atoms with Gasteiger partial charge >= 0.3 is 0 Å². The van der Waals surface area contributed by atoms with Crippen LogP contribution in [0, 0.1) is 12.7 Å². The van der Waals surface area contributed by atoms with Crippen LogP contribution in [0.4, 0.5) is 10.1 Å². The van der Waals surface area contributed by atoms with Gasteiger partial charge in [0.2, 0.25) is 0 Å². The topological polar surface area (TPSA) is 29.1 Å². The number of anilines is 1. The van der Waals surface area contributed by atoms with Crippen molar-refractivity contribution in [2.45, 2.75) is 17.6 Å². The largest absolute Gasteiger partial charge is 0.319 e. The van der Waals surface area contributed by atoms with E-state index < -0.39 is 5.82 Å². The van der Waals surface area contributed by atoms with Crippen LogP contribution in [0.15, 0.2) is 77.7 Å². The number of carbonyl (C=O) groups excluding carboxylic acids is 1. The maximum atomic E-state index is 13.6. The Labute approximate surface area is 151 Å². The molecule has 0 saturated heterocycles. The van der Waals surface area contributed by atoms with Gasteiger partial charge in [0, 0.05) is 16.2 Å². The third-order valence-electron chi connectivity index (χ3n) is 3.76. The summed E-state index contributed by atoms with van der Waals surface area (Å²) >= 11 is 1.75. The number of carbonyl (C=O) groups is 1. The van der Waals surface area contributed by atoms with E-state index in [9.17, 15) is 9.18 Å². The fourth-order valence-corrected chi connectivity index (χ4v) is 3.16. The molecule has 0 aliphatic rings. The van der Waals surface area contributed by atoms with Crippen molar-refractivity contribution in [3.05, 3.63) is 95.3 Å². The van der Waals surface area contributed by atoms with Crippen molar-refractivity contribution in [1.29, 1.82) is 0 Å². The lowest BCUT2D eigenvalue weighted by molar-refractivity contribution is 0.102. The monoisotopic (exact) mass is 351 g/mol. The number of rotatable bonds is 5. The molecule has 0 aromatic heterocycles. The summed E-state index contributed by atoms with van der Waals surface area (Å²) in [5.74, 6) is 0.0722. The Morgan fingerprint density at radius 3 is 2.32 bits per heavy atom. The first-order chi connectivity index (χ1) is 12.1. The fraction of sp³-hybridized carbons (Fsp3) is 0.0952. The van der Waals surface area contributed by atoms with E-state index in [0.717, 1.165) is 11.3 Å². The molecule has 3 aromatic rings. The van der Waals surface area contributed by atoms with Crippen molar-refractivity contribution >= 4 is 23.4 Å². The average molecular weight is 351 g/mol. The molecule has 2 nitrogen and oxygen atoms in total. The van der Waals surface area contributed by atoms with E-state index in [2.05, 4.69) is 36.5 Å². The molecule has 0 heterocycles. The van der Waals surface area contributed by atoms with Crippen LogP contribution in [0.2, 0.25) is 0 Å². The minimum Gasteiger partial charge on any atom is -0.319 e. The highest BCUT2D eigenvalue weighted by atomic mass is 32.2. The van der Waals surface area contributed by atoms with Crippen LogP contribution in [-0.2, 0) is 5.75 Å². The van der Waals surface area contributed by atoms with Crippen molar-refractivity contribution in [2.24, 2.45) is 0 Å². The third kappa shape index (κ3) is 4.70. The van der Waals surface area contributed by atoms with Crippen LogP contribution >= 0.6 is 11.8 Å². The minimum atomic E-state index is -0.443. The number of aryl methyl sites for hydroxylation is 1. The second kappa shape index (κ2) is 7.99.